The van der Waals surface area contributed by atoms with Crippen LogP contribution in [0, 0.1) is 23.0 Å². The van der Waals surface area contributed by atoms with Gasteiger partial charge in [0.1, 0.15) is 5.84 Å². The quantitative estimate of drug-likeness (QED) is 0.653. The molecular weight excluding hydrogens is 250 g/mol. The highest BCUT2D eigenvalue weighted by atomic mass is 19.1. The minimum absolute atomic E-state index is 0.0272. The van der Waals surface area contributed by atoms with E-state index in [9.17, 15) is 8.78 Å². The van der Waals surface area contributed by atoms with E-state index >= 15 is 0 Å². The molecule has 3 nitrogen and oxygen atoms in total. The maximum atomic E-state index is 13.8. The Morgan fingerprint density at radius 1 is 1.32 bits per heavy atom. The van der Waals surface area contributed by atoms with Gasteiger partial charge in [0, 0.05) is 5.56 Å². The maximum Gasteiger partial charge on any atom is 0.191 e. The SMILES string of the molecule is CC1CCCC(Oc2c(F)cc(C(=N)N)cc2F)C1. The smallest absolute Gasteiger partial charge is 0.191 e. The van der Waals surface area contributed by atoms with Crippen molar-refractivity contribution in [2.24, 2.45) is 11.7 Å². The van der Waals surface area contributed by atoms with Crippen molar-refractivity contribution in [2.45, 2.75) is 38.7 Å². The number of halogens is 2. The van der Waals surface area contributed by atoms with Gasteiger partial charge in [-0.05, 0) is 37.3 Å². The van der Waals surface area contributed by atoms with Gasteiger partial charge < -0.3 is 10.5 Å². The average molecular weight is 268 g/mol. The van der Waals surface area contributed by atoms with Crippen LogP contribution in [0.5, 0.6) is 5.75 Å². The molecule has 0 radical (unpaired) electrons. The summed E-state index contributed by atoms with van der Waals surface area (Å²) in [7, 11) is 0. The molecule has 0 aromatic heterocycles. The maximum absolute atomic E-state index is 13.8. The van der Waals surface area contributed by atoms with E-state index < -0.39 is 11.6 Å². The van der Waals surface area contributed by atoms with Crippen molar-refractivity contribution in [3.05, 3.63) is 29.3 Å². The molecule has 0 aliphatic heterocycles. The first-order chi connectivity index (χ1) is 8.97. The number of benzene rings is 1. The minimum Gasteiger partial charge on any atom is -0.484 e. The van der Waals surface area contributed by atoms with Crippen LogP contribution in [-0.4, -0.2) is 11.9 Å². The molecule has 2 atom stereocenters. The number of nitrogens with one attached hydrogen (secondary N) is 1. The summed E-state index contributed by atoms with van der Waals surface area (Å²) in [6.07, 6.45) is 3.63. The Hall–Kier alpha value is -1.65. The second-order valence-electron chi connectivity index (χ2n) is 5.19. The molecule has 0 spiro atoms. The zero-order chi connectivity index (χ0) is 14.0. The molecule has 2 unspecified atom stereocenters. The van der Waals surface area contributed by atoms with Crippen molar-refractivity contribution in [3.8, 4) is 5.75 Å². The van der Waals surface area contributed by atoms with Crippen molar-refractivity contribution in [2.75, 3.05) is 0 Å². The van der Waals surface area contributed by atoms with Gasteiger partial charge in [0.25, 0.3) is 0 Å². The van der Waals surface area contributed by atoms with Crippen molar-refractivity contribution in [1.29, 1.82) is 5.41 Å². The van der Waals surface area contributed by atoms with Crippen LogP contribution in [0.25, 0.3) is 0 Å². The second-order valence-corrected chi connectivity index (χ2v) is 5.19. The molecule has 0 saturated heterocycles. The molecule has 0 amide bonds. The molecule has 1 aliphatic carbocycles. The van der Waals surface area contributed by atoms with Gasteiger partial charge in [-0.1, -0.05) is 13.3 Å². The molecular formula is C14H18F2N2O. The summed E-state index contributed by atoms with van der Waals surface area (Å²) < 4.78 is 33.1. The van der Waals surface area contributed by atoms with Crippen molar-refractivity contribution < 1.29 is 13.5 Å². The lowest BCUT2D eigenvalue weighted by atomic mass is 9.89. The number of ether oxygens (including phenoxy) is 1. The highest BCUT2D eigenvalue weighted by molar-refractivity contribution is 5.95. The van der Waals surface area contributed by atoms with Crippen LogP contribution >= 0.6 is 0 Å². The molecule has 0 heterocycles. The van der Waals surface area contributed by atoms with Crippen molar-refractivity contribution >= 4 is 5.84 Å². The molecule has 1 aliphatic rings. The van der Waals surface area contributed by atoms with Gasteiger partial charge in [-0.25, -0.2) is 8.78 Å². The number of nitrogen functional groups attached to an aromatic ring is 1. The van der Waals surface area contributed by atoms with E-state index in [1.807, 2.05) is 0 Å². The number of hydrogen-bond donors (Lipinski definition) is 2. The van der Waals surface area contributed by atoms with Crippen molar-refractivity contribution in [3.63, 3.8) is 0 Å². The lowest BCUT2D eigenvalue weighted by Crippen LogP contribution is -2.25. The molecule has 3 N–H and O–H groups in total. The first-order valence-electron chi connectivity index (χ1n) is 6.47. The van der Waals surface area contributed by atoms with E-state index in [1.54, 1.807) is 0 Å². The molecule has 19 heavy (non-hydrogen) atoms. The normalized spacial score (nSPS) is 23.1. The number of hydrogen-bond acceptors (Lipinski definition) is 2. The predicted octanol–water partition coefficient (Wildman–Crippen LogP) is 3.21. The van der Waals surface area contributed by atoms with Gasteiger partial charge >= 0.3 is 0 Å². The zero-order valence-electron chi connectivity index (χ0n) is 10.9. The molecule has 0 bridgehead atoms. The third-order valence-electron chi connectivity index (χ3n) is 3.48. The van der Waals surface area contributed by atoms with E-state index in [0.717, 1.165) is 37.8 Å². The van der Waals surface area contributed by atoms with Gasteiger partial charge in [0.2, 0.25) is 0 Å². The summed E-state index contributed by atoms with van der Waals surface area (Å²) >= 11 is 0. The predicted molar refractivity (Wildman–Crippen MR) is 69.4 cm³/mol. The van der Waals surface area contributed by atoms with Crippen molar-refractivity contribution in [1.82, 2.24) is 0 Å². The first-order valence-corrected chi connectivity index (χ1v) is 6.47. The van der Waals surface area contributed by atoms with E-state index in [-0.39, 0.29) is 23.3 Å². The molecule has 104 valence electrons. The van der Waals surface area contributed by atoms with Gasteiger partial charge in [0.05, 0.1) is 6.10 Å². The molecule has 5 heteroatoms. The lowest BCUT2D eigenvalue weighted by molar-refractivity contribution is 0.119. The van der Waals surface area contributed by atoms with Crippen LogP contribution < -0.4 is 10.5 Å². The standard InChI is InChI=1S/C14H18F2N2O/c1-8-3-2-4-10(5-8)19-13-11(15)6-9(14(17)18)7-12(13)16/h6-8,10H,2-5H2,1H3,(H3,17,18). The Bertz CT molecular complexity index is 467. The second kappa shape index (κ2) is 5.55. The lowest BCUT2D eigenvalue weighted by Gasteiger charge is -2.27. The highest BCUT2D eigenvalue weighted by Crippen LogP contribution is 2.30. The molecule has 1 saturated carbocycles. The summed E-state index contributed by atoms with van der Waals surface area (Å²) in [5.74, 6) is -1.81. The monoisotopic (exact) mass is 268 g/mol. The zero-order valence-corrected chi connectivity index (χ0v) is 10.9. The fraction of sp³-hybridized carbons (Fsp3) is 0.500. The summed E-state index contributed by atoms with van der Waals surface area (Å²) in [5, 5.41) is 7.18. The number of nitrogens with two attached hydrogens (primary N) is 1. The third kappa shape index (κ3) is 3.22. The van der Waals surface area contributed by atoms with E-state index in [1.165, 1.54) is 0 Å². The summed E-state index contributed by atoms with van der Waals surface area (Å²) in [4.78, 5) is 0. The highest BCUT2D eigenvalue weighted by Gasteiger charge is 2.23. The fourth-order valence-corrected chi connectivity index (χ4v) is 2.48. The van der Waals surface area contributed by atoms with Crippen LogP contribution in [0.1, 0.15) is 38.2 Å². The van der Waals surface area contributed by atoms with E-state index in [0.29, 0.717) is 5.92 Å². The molecule has 1 fully saturated rings. The Balaban J connectivity index is 2.18. The number of amidine groups is 1. The van der Waals surface area contributed by atoms with Crippen LogP contribution in [0.15, 0.2) is 12.1 Å². The Labute approximate surface area is 111 Å². The van der Waals surface area contributed by atoms with Crippen LogP contribution in [-0.2, 0) is 0 Å². The van der Waals surface area contributed by atoms with Gasteiger partial charge in [-0.2, -0.15) is 0 Å². The fourth-order valence-electron chi connectivity index (χ4n) is 2.48. The summed E-state index contributed by atoms with van der Waals surface area (Å²) in [5.41, 5.74) is 5.24. The Morgan fingerprint density at radius 3 is 2.47 bits per heavy atom. The van der Waals surface area contributed by atoms with Crippen LogP contribution in [0.2, 0.25) is 0 Å². The van der Waals surface area contributed by atoms with Gasteiger partial charge in [0.15, 0.2) is 17.4 Å². The number of rotatable bonds is 3. The topological polar surface area (TPSA) is 59.1 Å². The first kappa shape index (κ1) is 13.8. The molecule has 2 rings (SSSR count). The molecule has 1 aromatic rings. The Morgan fingerprint density at radius 2 is 1.95 bits per heavy atom. The average Bonchev–Trinajstić information content (AvgIpc) is 2.33. The Kier molecular flexibility index (Phi) is 4.02. The summed E-state index contributed by atoms with van der Waals surface area (Å²) in [6.45, 7) is 2.11. The molecule has 1 aromatic carbocycles. The third-order valence-corrected chi connectivity index (χ3v) is 3.48. The van der Waals surface area contributed by atoms with Gasteiger partial charge in [-0.15, -0.1) is 0 Å². The largest absolute Gasteiger partial charge is 0.484 e. The van der Waals surface area contributed by atoms with Gasteiger partial charge in [-0.3, -0.25) is 5.41 Å². The minimum atomic E-state index is -0.802. The van der Waals surface area contributed by atoms with E-state index in [2.05, 4.69) is 6.92 Å². The summed E-state index contributed by atoms with van der Waals surface area (Å²) in [6, 6.07) is 2.07. The van der Waals surface area contributed by atoms with Crippen LogP contribution in [0.3, 0.4) is 0 Å². The van der Waals surface area contributed by atoms with E-state index in [4.69, 9.17) is 15.9 Å². The van der Waals surface area contributed by atoms with Crippen LogP contribution in [0.4, 0.5) is 8.78 Å².